The van der Waals surface area contributed by atoms with Crippen molar-refractivity contribution in [2.24, 2.45) is 0 Å². The molecule has 0 radical (unpaired) electrons. The first-order valence-electron chi connectivity index (χ1n) is 5.66. The van der Waals surface area contributed by atoms with E-state index in [1.165, 1.54) is 22.4 Å². The lowest BCUT2D eigenvalue weighted by atomic mass is 10.0. The molecule has 0 spiro atoms. The normalized spacial score (nSPS) is 15.2. The van der Waals surface area contributed by atoms with Crippen molar-refractivity contribution >= 4 is 22.6 Å². The van der Waals surface area contributed by atoms with Crippen LogP contribution in [0.3, 0.4) is 0 Å². The minimum absolute atomic E-state index is 0.930. The Morgan fingerprint density at radius 2 is 2.18 bits per heavy atom. The van der Waals surface area contributed by atoms with Crippen molar-refractivity contribution in [3.63, 3.8) is 0 Å². The molecule has 1 aromatic heterocycles. The van der Waals surface area contributed by atoms with E-state index in [4.69, 9.17) is 0 Å². The summed E-state index contributed by atoms with van der Waals surface area (Å²) in [5, 5.41) is 0. The first-order chi connectivity index (χ1) is 8.13. The van der Waals surface area contributed by atoms with E-state index < -0.39 is 0 Å². The minimum Gasteiger partial charge on any atom is -0.336 e. The molecule has 3 nitrogen and oxygen atoms in total. The number of aromatic nitrogens is 2. The summed E-state index contributed by atoms with van der Waals surface area (Å²) in [6.45, 7) is 4.05. The predicted molar refractivity (Wildman–Crippen MR) is 76.6 cm³/mol. The third-order valence-corrected chi connectivity index (χ3v) is 3.64. The van der Waals surface area contributed by atoms with E-state index in [1.807, 2.05) is 0 Å². The first kappa shape index (κ1) is 11.2. The number of rotatable bonds is 0. The molecule has 1 aromatic carbocycles. The topological polar surface area (TPSA) is 31.9 Å². The van der Waals surface area contributed by atoms with Crippen LogP contribution in [0.4, 0.5) is 0 Å². The summed E-state index contributed by atoms with van der Waals surface area (Å²) < 4.78 is 0.967. The van der Waals surface area contributed by atoms with Gasteiger partial charge in [-0.25, -0.2) is 4.98 Å². The number of hydrogen-bond acceptors (Lipinski definition) is 2. The molecule has 17 heavy (non-hydrogen) atoms. The Bertz CT molecular complexity index is 574. The Hall–Kier alpha value is -0.880. The highest BCUT2D eigenvalue weighted by atomic mass is 127. The average molecular weight is 339 g/mol. The van der Waals surface area contributed by atoms with Crippen LogP contribution < -0.4 is 0 Å². The number of benzene rings is 1. The summed E-state index contributed by atoms with van der Waals surface area (Å²) in [6, 6.07) is 6.62. The van der Waals surface area contributed by atoms with Crippen molar-refractivity contribution in [3.8, 4) is 11.3 Å². The van der Waals surface area contributed by atoms with Gasteiger partial charge in [-0.15, -0.1) is 0 Å². The molecule has 0 amide bonds. The Labute approximate surface area is 114 Å². The molecule has 0 aliphatic carbocycles. The second-order valence-electron chi connectivity index (χ2n) is 4.69. The lowest BCUT2D eigenvalue weighted by molar-refractivity contribution is 0.319. The maximum atomic E-state index is 4.62. The molecule has 2 heterocycles. The van der Waals surface area contributed by atoms with Crippen LogP contribution in [-0.2, 0) is 13.1 Å². The summed E-state index contributed by atoms with van der Waals surface area (Å²) in [5.41, 5.74) is 6.29. The number of nitrogens with one attached hydrogen (secondary N) is 1. The molecule has 2 aromatic rings. The molecule has 1 aliphatic rings. The molecule has 0 unspecified atom stereocenters. The quantitative estimate of drug-likeness (QED) is 0.749. The van der Waals surface area contributed by atoms with Gasteiger partial charge < -0.3 is 4.98 Å². The lowest BCUT2D eigenvalue weighted by Crippen LogP contribution is -2.16. The average Bonchev–Trinajstić information content (AvgIpc) is 2.53. The molecule has 0 fully saturated rings. The second kappa shape index (κ2) is 4.10. The number of H-pyrrole nitrogens is 1. The van der Waals surface area contributed by atoms with Crippen LogP contribution in [-0.4, -0.2) is 21.9 Å². The molecular formula is C13H14IN3. The first-order valence-corrected chi connectivity index (χ1v) is 6.74. The fraction of sp³-hybridized carbons (Fsp3) is 0.308. The van der Waals surface area contributed by atoms with Crippen molar-refractivity contribution < 1.29 is 0 Å². The number of halogens is 1. The second-order valence-corrected chi connectivity index (χ2v) is 5.71. The Morgan fingerprint density at radius 1 is 1.35 bits per heavy atom. The fourth-order valence-corrected chi connectivity index (χ4v) is 2.98. The Kier molecular flexibility index (Phi) is 2.71. The molecule has 1 aliphatic heterocycles. The van der Waals surface area contributed by atoms with Crippen LogP contribution in [0.5, 0.6) is 0 Å². The predicted octanol–water partition coefficient (Wildman–Crippen LogP) is 2.94. The Balaban J connectivity index is 2.25. The molecule has 3 rings (SSSR count). The van der Waals surface area contributed by atoms with Gasteiger partial charge in [-0.1, -0.05) is 23.8 Å². The van der Waals surface area contributed by atoms with E-state index in [2.05, 4.69) is 69.6 Å². The summed E-state index contributed by atoms with van der Waals surface area (Å²) >= 11 is 2.24. The van der Waals surface area contributed by atoms with Gasteiger partial charge in [-0.2, -0.15) is 0 Å². The SMILES string of the molecule is Cc1ccc2c(c1)CN(C)Cc1[nH]c(I)nc1-2. The monoisotopic (exact) mass is 339 g/mol. The Morgan fingerprint density at radius 3 is 3.00 bits per heavy atom. The largest absolute Gasteiger partial charge is 0.336 e. The minimum atomic E-state index is 0.930. The van der Waals surface area contributed by atoms with E-state index in [9.17, 15) is 0 Å². The van der Waals surface area contributed by atoms with E-state index in [0.29, 0.717) is 0 Å². The lowest BCUT2D eigenvalue weighted by Gasteiger charge is -2.13. The van der Waals surface area contributed by atoms with Crippen LogP contribution in [0.25, 0.3) is 11.3 Å². The van der Waals surface area contributed by atoms with Crippen molar-refractivity contribution in [1.29, 1.82) is 0 Å². The fourth-order valence-electron chi connectivity index (χ4n) is 2.42. The van der Waals surface area contributed by atoms with E-state index in [1.54, 1.807) is 0 Å². The number of hydrogen-bond donors (Lipinski definition) is 1. The standard InChI is InChI=1S/C13H14IN3/c1-8-3-4-10-9(5-8)6-17(2)7-11-12(10)16-13(14)15-11/h3-5H,6-7H2,1-2H3,(H,15,16). The number of aryl methyl sites for hydroxylation is 1. The van der Waals surface area contributed by atoms with Crippen molar-refractivity contribution in [1.82, 2.24) is 14.9 Å². The van der Waals surface area contributed by atoms with Crippen LogP contribution in [0, 0.1) is 10.8 Å². The summed E-state index contributed by atoms with van der Waals surface area (Å²) in [6.07, 6.45) is 0. The van der Waals surface area contributed by atoms with Crippen LogP contribution >= 0.6 is 22.6 Å². The van der Waals surface area contributed by atoms with Gasteiger partial charge in [-0.3, -0.25) is 4.90 Å². The maximum Gasteiger partial charge on any atom is 0.169 e. The molecule has 88 valence electrons. The third kappa shape index (κ3) is 1.99. The van der Waals surface area contributed by atoms with Crippen molar-refractivity contribution in [2.75, 3.05) is 7.05 Å². The van der Waals surface area contributed by atoms with Crippen LogP contribution in [0.2, 0.25) is 0 Å². The number of imidazole rings is 1. The smallest absolute Gasteiger partial charge is 0.169 e. The highest BCUT2D eigenvalue weighted by Crippen LogP contribution is 2.31. The van der Waals surface area contributed by atoms with Gasteiger partial charge >= 0.3 is 0 Å². The molecule has 0 atom stereocenters. The molecular weight excluding hydrogens is 325 g/mol. The molecule has 0 bridgehead atoms. The van der Waals surface area contributed by atoms with Gasteiger partial charge in [0.1, 0.15) is 0 Å². The number of nitrogens with zero attached hydrogens (tertiary/aromatic N) is 2. The van der Waals surface area contributed by atoms with Gasteiger partial charge in [-0.05, 0) is 42.1 Å². The zero-order valence-corrected chi connectivity index (χ0v) is 12.1. The van der Waals surface area contributed by atoms with Gasteiger partial charge in [0.05, 0.1) is 11.4 Å². The summed E-state index contributed by atoms with van der Waals surface area (Å²) in [7, 11) is 2.15. The highest BCUT2D eigenvalue weighted by molar-refractivity contribution is 14.1. The third-order valence-electron chi connectivity index (χ3n) is 3.13. The van der Waals surface area contributed by atoms with Crippen LogP contribution in [0.1, 0.15) is 16.8 Å². The van der Waals surface area contributed by atoms with Crippen LogP contribution in [0.15, 0.2) is 18.2 Å². The van der Waals surface area contributed by atoms with Gasteiger partial charge in [0.2, 0.25) is 0 Å². The summed E-state index contributed by atoms with van der Waals surface area (Å²) in [4.78, 5) is 10.3. The van der Waals surface area contributed by atoms with Gasteiger partial charge in [0.15, 0.2) is 3.83 Å². The number of fused-ring (bicyclic) bond motifs is 3. The van der Waals surface area contributed by atoms with Crippen molar-refractivity contribution in [3.05, 3.63) is 38.9 Å². The number of aromatic amines is 1. The zero-order chi connectivity index (χ0) is 12.0. The van der Waals surface area contributed by atoms with Gasteiger partial charge in [0.25, 0.3) is 0 Å². The van der Waals surface area contributed by atoms with E-state index in [0.717, 1.165) is 22.6 Å². The van der Waals surface area contributed by atoms with E-state index in [-0.39, 0.29) is 0 Å². The van der Waals surface area contributed by atoms with Gasteiger partial charge in [0, 0.05) is 18.7 Å². The van der Waals surface area contributed by atoms with E-state index >= 15 is 0 Å². The highest BCUT2D eigenvalue weighted by Gasteiger charge is 2.20. The molecule has 1 N–H and O–H groups in total. The van der Waals surface area contributed by atoms with Crippen molar-refractivity contribution in [2.45, 2.75) is 20.0 Å². The summed E-state index contributed by atoms with van der Waals surface area (Å²) in [5.74, 6) is 0. The molecule has 0 saturated heterocycles. The molecule has 0 saturated carbocycles. The maximum absolute atomic E-state index is 4.62. The molecule has 4 heteroatoms. The zero-order valence-electron chi connectivity index (χ0n) is 9.92.